The van der Waals surface area contributed by atoms with Gasteiger partial charge in [-0.2, -0.15) is 0 Å². The summed E-state index contributed by atoms with van der Waals surface area (Å²) in [6.07, 6.45) is 0.531. The molecule has 0 aliphatic heterocycles. The lowest BCUT2D eigenvalue weighted by Gasteiger charge is -2.16. The predicted molar refractivity (Wildman–Crippen MR) is 87.6 cm³/mol. The van der Waals surface area contributed by atoms with E-state index in [1.807, 2.05) is 20.9 Å². The number of carbonyl (C=O) groups is 2. The number of nitrogens with one attached hydrogen (secondary N) is 2. The van der Waals surface area contributed by atoms with Gasteiger partial charge in [-0.1, -0.05) is 25.6 Å². The molecule has 0 aliphatic carbocycles. The molecular weight excluding hydrogens is 328 g/mol. The Hall–Kier alpha value is -1.12. The zero-order chi connectivity index (χ0) is 15.8. The van der Waals surface area contributed by atoms with Crippen molar-refractivity contribution in [1.82, 2.24) is 20.8 Å². The van der Waals surface area contributed by atoms with E-state index in [1.54, 1.807) is 0 Å². The Morgan fingerprint density at radius 2 is 2.00 bits per heavy atom. The van der Waals surface area contributed by atoms with Gasteiger partial charge in [-0.05, 0) is 19.4 Å². The van der Waals surface area contributed by atoms with Crippen LogP contribution in [0.3, 0.4) is 0 Å². The number of Topliss-reactive ketones (excluding diaryl/α,β-unsaturated/α-hetero) is 1. The minimum Gasteiger partial charge on any atom is -0.408 e. The molecule has 1 amide bonds. The third-order valence-corrected chi connectivity index (χ3v) is 3.42. The van der Waals surface area contributed by atoms with Crippen LogP contribution in [-0.4, -0.2) is 47.3 Å². The lowest BCUT2D eigenvalue weighted by molar-refractivity contribution is -0.119. The van der Waals surface area contributed by atoms with Crippen molar-refractivity contribution in [2.45, 2.75) is 38.5 Å². The fourth-order valence-electron chi connectivity index (χ4n) is 1.71. The molecule has 1 aromatic heterocycles. The average Bonchev–Trinajstić information content (AvgIpc) is 2.85. The number of amides is 1. The van der Waals surface area contributed by atoms with Crippen molar-refractivity contribution >= 4 is 35.9 Å². The third-order valence-electron chi connectivity index (χ3n) is 2.60. The molecule has 0 unspecified atom stereocenters. The number of hydrogen-bond donors (Lipinski definition) is 2. The maximum atomic E-state index is 12.3. The zero-order valence-electron chi connectivity index (χ0n) is 13.2. The van der Waals surface area contributed by atoms with E-state index < -0.39 is 6.04 Å². The minimum absolute atomic E-state index is 0. The van der Waals surface area contributed by atoms with E-state index in [2.05, 4.69) is 20.8 Å². The molecule has 0 bridgehead atoms. The highest BCUT2D eigenvalue weighted by molar-refractivity contribution is 7.99. The van der Waals surface area contributed by atoms with Gasteiger partial charge in [-0.15, -0.1) is 22.6 Å². The van der Waals surface area contributed by atoms with Crippen LogP contribution in [0.2, 0.25) is 0 Å². The van der Waals surface area contributed by atoms with Crippen LogP contribution in [0.15, 0.2) is 9.64 Å². The van der Waals surface area contributed by atoms with E-state index in [0.717, 1.165) is 12.3 Å². The molecule has 126 valence electrons. The fourth-order valence-corrected chi connectivity index (χ4v) is 2.42. The van der Waals surface area contributed by atoms with E-state index in [9.17, 15) is 9.59 Å². The number of halogens is 1. The molecule has 22 heavy (non-hydrogen) atoms. The summed E-state index contributed by atoms with van der Waals surface area (Å²) in [5.41, 5.74) is 0. The van der Waals surface area contributed by atoms with E-state index in [4.69, 9.17) is 4.42 Å². The molecule has 0 fully saturated rings. The van der Waals surface area contributed by atoms with Crippen molar-refractivity contribution in [3.8, 4) is 0 Å². The first-order valence-electron chi connectivity index (χ1n) is 6.86. The molecule has 9 heteroatoms. The molecule has 0 aliphatic rings. The highest BCUT2D eigenvalue weighted by Crippen LogP contribution is 2.17. The van der Waals surface area contributed by atoms with Gasteiger partial charge in [0.25, 0.3) is 11.1 Å². The SMILES string of the molecule is CNCCSc1nnc(C(=O)[C@H](CC(C)C)NC(C)=O)o1.Cl. The molecule has 2 N–H and O–H groups in total. The molecule has 7 nitrogen and oxygen atoms in total. The second kappa shape index (κ2) is 10.6. The van der Waals surface area contributed by atoms with Crippen molar-refractivity contribution in [1.29, 1.82) is 0 Å². The number of ketones is 1. The number of thioether (sulfide) groups is 1. The maximum Gasteiger partial charge on any atom is 0.286 e. The summed E-state index contributed by atoms with van der Waals surface area (Å²) < 4.78 is 5.35. The van der Waals surface area contributed by atoms with Gasteiger partial charge in [0.05, 0.1) is 6.04 Å². The monoisotopic (exact) mass is 350 g/mol. The lowest BCUT2D eigenvalue weighted by atomic mass is 10.00. The van der Waals surface area contributed by atoms with Gasteiger partial charge in [0.2, 0.25) is 11.7 Å². The lowest BCUT2D eigenvalue weighted by Crippen LogP contribution is -2.40. The van der Waals surface area contributed by atoms with E-state index in [1.165, 1.54) is 18.7 Å². The van der Waals surface area contributed by atoms with Crippen LogP contribution in [0.1, 0.15) is 37.9 Å². The Balaban J connectivity index is 0.00000441. The number of rotatable bonds is 9. The standard InChI is InChI=1S/C13H22N4O3S.ClH/c1-8(2)7-10(15-9(3)18)11(19)12-16-17-13(20-12)21-6-5-14-4;/h8,10,14H,5-7H2,1-4H3,(H,15,18);1H/t10-;/m0./s1. The predicted octanol–water partition coefficient (Wildman–Crippen LogP) is 1.54. The summed E-state index contributed by atoms with van der Waals surface area (Å²) in [5, 5.41) is 13.6. The van der Waals surface area contributed by atoms with E-state index in [0.29, 0.717) is 11.6 Å². The van der Waals surface area contributed by atoms with Crippen molar-refractivity contribution in [2.75, 3.05) is 19.3 Å². The van der Waals surface area contributed by atoms with Gasteiger partial charge in [0.1, 0.15) is 0 Å². The van der Waals surface area contributed by atoms with Crippen molar-refractivity contribution in [3.63, 3.8) is 0 Å². The zero-order valence-corrected chi connectivity index (χ0v) is 14.8. The summed E-state index contributed by atoms with van der Waals surface area (Å²) in [7, 11) is 1.85. The summed E-state index contributed by atoms with van der Waals surface area (Å²) in [5.74, 6) is 0.386. The molecule has 0 saturated heterocycles. The van der Waals surface area contributed by atoms with Crippen LogP contribution in [0.4, 0.5) is 0 Å². The van der Waals surface area contributed by atoms with Crippen molar-refractivity contribution in [2.24, 2.45) is 5.92 Å². The molecule has 1 rings (SSSR count). The second-order valence-corrected chi connectivity index (χ2v) is 6.12. The van der Waals surface area contributed by atoms with Gasteiger partial charge in [0.15, 0.2) is 0 Å². The normalized spacial score (nSPS) is 11.9. The van der Waals surface area contributed by atoms with Crippen LogP contribution in [0.25, 0.3) is 0 Å². The summed E-state index contributed by atoms with van der Waals surface area (Å²) in [6, 6.07) is -0.627. The summed E-state index contributed by atoms with van der Waals surface area (Å²) in [6.45, 7) is 6.15. The second-order valence-electron chi connectivity index (χ2n) is 5.07. The summed E-state index contributed by atoms with van der Waals surface area (Å²) in [4.78, 5) is 23.5. The fraction of sp³-hybridized carbons (Fsp3) is 0.692. The molecule has 0 saturated carbocycles. The Morgan fingerprint density at radius 1 is 1.32 bits per heavy atom. The van der Waals surface area contributed by atoms with Gasteiger partial charge in [0, 0.05) is 19.2 Å². The molecule has 1 aromatic rings. The molecule has 0 radical (unpaired) electrons. The molecular formula is C13H23ClN4O3S. The van der Waals surface area contributed by atoms with Gasteiger partial charge >= 0.3 is 0 Å². The van der Waals surface area contributed by atoms with E-state index in [-0.39, 0.29) is 35.9 Å². The first-order valence-corrected chi connectivity index (χ1v) is 7.84. The maximum absolute atomic E-state index is 12.3. The Labute approximate surface area is 140 Å². The minimum atomic E-state index is -0.627. The number of aromatic nitrogens is 2. The highest BCUT2D eigenvalue weighted by atomic mass is 35.5. The molecule has 0 spiro atoms. The van der Waals surface area contributed by atoms with Crippen LogP contribution in [0, 0.1) is 5.92 Å². The quantitative estimate of drug-likeness (QED) is 0.396. The van der Waals surface area contributed by atoms with Crippen LogP contribution in [0.5, 0.6) is 0 Å². The van der Waals surface area contributed by atoms with Crippen LogP contribution in [-0.2, 0) is 4.79 Å². The Bertz CT molecular complexity index is 482. The Kier molecular flexibility index (Phi) is 10.0. The largest absolute Gasteiger partial charge is 0.408 e. The van der Waals surface area contributed by atoms with Crippen LogP contribution < -0.4 is 10.6 Å². The van der Waals surface area contributed by atoms with Crippen LogP contribution >= 0.6 is 24.2 Å². The van der Waals surface area contributed by atoms with Crippen molar-refractivity contribution < 1.29 is 14.0 Å². The topological polar surface area (TPSA) is 97.1 Å². The number of nitrogens with zero attached hydrogens (tertiary/aromatic N) is 2. The first-order chi connectivity index (χ1) is 9.93. The molecule has 1 heterocycles. The smallest absolute Gasteiger partial charge is 0.286 e. The average molecular weight is 351 g/mol. The number of carbonyl (C=O) groups excluding carboxylic acids is 2. The van der Waals surface area contributed by atoms with Crippen molar-refractivity contribution in [3.05, 3.63) is 5.89 Å². The Morgan fingerprint density at radius 3 is 2.55 bits per heavy atom. The number of hydrogen-bond acceptors (Lipinski definition) is 7. The van der Waals surface area contributed by atoms with Gasteiger partial charge < -0.3 is 15.1 Å². The third kappa shape index (κ3) is 7.24. The summed E-state index contributed by atoms with van der Waals surface area (Å²) >= 11 is 1.38. The first kappa shape index (κ1) is 20.9. The molecule has 1 atom stereocenters. The molecule has 0 aromatic carbocycles. The van der Waals surface area contributed by atoms with E-state index >= 15 is 0 Å². The van der Waals surface area contributed by atoms with Gasteiger partial charge in [-0.3, -0.25) is 9.59 Å². The van der Waals surface area contributed by atoms with Gasteiger partial charge in [-0.25, -0.2) is 0 Å². The highest BCUT2D eigenvalue weighted by Gasteiger charge is 2.26.